The highest BCUT2D eigenvalue weighted by Gasteiger charge is 2.14. The highest BCUT2D eigenvalue weighted by atomic mass is 35.5. The summed E-state index contributed by atoms with van der Waals surface area (Å²) in [6.07, 6.45) is 7.37. The lowest BCUT2D eigenvalue weighted by atomic mass is 10.1. The summed E-state index contributed by atoms with van der Waals surface area (Å²) in [5.41, 5.74) is 3.15. The molecule has 0 saturated carbocycles. The van der Waals surface area contributed by atoms with Crippen molar-refractivity contribution < 1.29 is 4.79 Å². The van der Waals surface area contributed by atoms with Crippen LogP contribution in [0.3, 0.4) is 0 Å². The Balaban J connectivity index is 1.43. The lowest BCUT2D eigenvalue weighted by Crippen LogP contribution is -2.26. The second-order valence-electron chi connectivity index (χ2n) is 6.56. The normalized spacial score (nSPS) is 12.1. The van der Waals surface area contributed by atoms with E-state index in [4.69, 9.17) is 11.6 Å². The molecule has 1 N–H and O–H groups in total. The Morgan fingerprint density at radius 3 is 2.82 bits per heavy atom. The summed E-state index contributed by atoms with van der Waals surface area (Å²) in [5, 5.41) is 9.83. The van der Waals surface area contributed by atoms with Gasteiger partial charge in [0, 0.05) is 24.3 Å². The van der Waals surface area contributed by atoms with Crippen molar-refractivity contribution in [2.24, 2.45) is 0 Å². The highest BCUT2D eigenvalue weighted by molar-refractivity contribution is 7.12. The minimum absolute atomic E-state index is 0.0754. The van der Waals surface area contributed by atoms with Gasteiger partial charge in [-0.25, -0.2) is 0 Å². The van der Waals surface area contributed by atoms with Crippen LogP contribution >= 0.6 is 22.9 Å². The van der Waals surface area contributed by atoms with Crippen molar-refractivity contribution in [2.45, 2.75) is 19.5 Å². The van der Waals surface area contributed by atoms with Crippen LogP contribution in [0.15, 0.2) is 72.6 Å². The Morgan fingerprint density at radius 1 is 1.25 bits per heavy atom. The van der Waals surface area contributed by atoms with Gasteiger partial charge in [0.25, 0.3) is 5.91 Å². The number of halogens is 1. The molecule has 0 bridgehead atoms. The van der Waals surface area contributed by atoms with Crippen LogP contribution in [0.25, 0.3) is 5.69 Å². The van der Waals surface area contributed by atoms with Gasteiger partial charge in [-0.2, -0.15) is 5.10 Å². The van der Waals surface area contributed by atoms with Crippen LogP contribution in [-0.4, -0.2) is 20.3 Å². The van der Waals surface area contributed by atoms with E-state index in [2.05, 4.69) is 16.5 Å². The van der Waals surface area contributed by atoms with Gasteiger partial charge in [-0.3, -0.25) is 9.48 Å². The summed E-state index contributed by atoms with van der Waals surface area (Å²) >= 11 is 7.33. The van der Waals surface area contributed by atoms with Crippen molar-refractivity contribution >= 4 is 28.8 Å². The third-order valence-electron chi connectivity index (χ3n) is 4.44. The average molecular weight is 411 g/mol. The lowest BCUT2D eigenvalue weighted by Gasteiger charge is -2.15. The van der Waals surface area contributed by atoms with Crippen molar-refractivity contribution in [3.05, 3.63) is 93.7 Å². The first-order valence-corrected chi connectivity index (χ1v) is 10.1. The molecule has 1 atom stereocenters. The van der Waals surface area contributed by atoms with Crippen molar-refractivity contribution in [3.63, 3.8) is 0 Å². The molecule has 4 aromatic rings. The van der Waals surface area contributed by atoms with Crippen LogP contribution in [0.5, 0.6) is 0 Å². The number of carbonyl (C=O) groups is 1. The molecule has 142 valence electrons. The summed E-state index contributed by atoms with van der Waals surface area (Å²) in [6.45, 7) is 2.58. The molecule has 0 aliphatic carbocycles. The minimum Gasteiger partial charge on any atom is -0.345 e. The fourth-order valence-electron chi connectivity index (χ4n) is 3.00. The number of nitrogens with one attached hydrogen (secondary N) is 1. The predicted molar refractivity (Wildman–Crippen MR) is 112 cm³/mol. The molecule has 0 fully saturated rings. The molecule has 5 nitrogen and oxygen atoms in total. The third-order valence-corrected chi connectivity index (χ3v) is 5.62. The maximum atomic E-state index is 12.7. The number of hydrogen-bond acceptors (Lipinski definition) is 3. The van der Waals surface area contributed by atoms with Crippen LogP contribution in [0.1, 0.15) is 33.8 Å². The molecular formula is C21H19ClN4OS. The molecule has 7 heteroatoms. The molecule has 0 spiro atoms. The van der Waals surface area contributed by atoms with Gasteiger partial charge < -0.3 is 9.88 Å². The van der Waals surface area contributed by atoms with Crippen LogP contribution in [0.4, 0.5) is 0 Å². The second kappa shape index (κ2) is 8.04. The Morgan fingerprint density at radius 2 is 2.07 bits per heavy atom. The largest absolute Gasteiger partial charge is 0.345 e. The summed E-state index contributed by atoms with van der Waals surface area (Å²) in [5.74, 6) is -0.0754. The van der Waals surface area contributed by atoms with Gasteiger partial charge in [0.15, 0.2) is 0 Å². The summed E-state index contributed by atoms with van der Waals surface area (Å²) in [6, 6.07) is 14.0. The molecule has 0 aliphatic heterocycles. The first kappa shape index (κ1) is 18.5. The van der Waals surface area contributed by atoms with Gasteiger partial charge in [-0.15, -0.1) is 11.3 Å². The molecule has 1 aromatic carbocycles. The van der Waals surface area contributed by atoms with E-state index in [0.29, 0.717) is 16.4 Å². The van der Waals surface area contributed by atoms with E-state index in [9.17, 15) is 4.79 Å². The Bertz CT molecular complexity index is 1080. The van der Waals surface area contributed by atoms with Gasteiger partial charge in [-0.05, 0) is 53.8 Å². The van der Waals surface area contributed by atoms with E-state index in [0.717, 1.165) is 16.8 Å². The van der Waals surface area contributed by atoms with E-state index < -0.39 is 0 Å². The minimum atomic E-state index is -0.0986. The fourth-order valence-corrected chi connectivity index (χ4v) is 3.96. The zero-order chi connectivity index (χ0) is 19.5. The summed E-state index contributed by atoms with van der Waals surface area (Å²) < 4.78 is 3.80. The molecule has 4 rings (SSSR count). The highest BCUT2D eigenvalue weighted by Crippen LogP contribution is 2.20. The van der Waals surface area contributed by atoms with Crippen LogP contribution in [0.2, 0.25) is 5.02 Å². The van der Waals surface area contributed by atoms with Crippen molar-refractivity contribution in [3.8, 4) is 5.69 Å². The van der Waals surface area contributed by atoms with Crippen LogP contribution in [0, 0.1) is 0 Å². The van der Waals surface area contributed by atoms with E-state index in [-0.39, 0.29) is 11.9 Å². The van der Waals surface area contributed by atoms with Crippen molar-refractivity contribution in [2.75, 3.05) is 0 Å². The topological polar surface area (TPSA) is 51.9 Å². The molecule has 1 amide bonds. The standard InChI is InChI=1S/C21H19ClN4OS/c1-15(17-5-4-6-19(10-17)25-7-2-3-8-25)24-21(27)20-9-16(14-28-20)12-26-13-18(22)11-23-26/h2-11,13-15H,12H2,1H3,(H,24,27). The number of amides is 1. The second-order valence-corrected chi connectivity index (χ2v) is 7.90. The van der Waals surface area contributed by atoms with Gasteiger partial charge in [-0.1, -0.05) is 23.7 Å². The Hall–Kier alpha value is -2.83. The molecule has 28 heavy (non-hydrogen) atoms. The van der Waals surface area contributed by atoms with E-state index in [1.165, 1.54) is 11.3 Å². The van der Waals surface area contributed by atoms with E-state index in [1.807, 2.05) is 65.7 Å². The van der Waals surface area contributed by atoms with Crippen LogP contribution < -0.4 is 5.32 Å². The smallest absolute Gasteiger partial charge is 0.261 e. The number of hydrogen-bond donors (Lipinski definition) is 1. The molecule has 0 saturated heterocycles. The van der Waals surface area contributed by atoms with E-state index in [1.54, 1.807) is 17.1 Å². The fraction of sp³-hybridized carbons (Fsp3) is 0.143. The average Bonchev–Trinajstić information content (AvgIpc) is 3.44. The van der Waals surface area contributed by atoms with Crippen LogP contribution in [-0.2, 0) is 6.54 Å². The summed E-state index contributed by atoms with van der Waals surface area (Å²) in [7, 11) is 0. The summed E-state index contributed by atoms with van der Waals surface area (Å²) in [4.78, 5) is 13.3. The quantitative estimate of drug-likeness (QED) is 0.490. The van der Waals surface area contributed by atoms with Crippen molar-refractivity contribution in [1.82, 2.24) is 19.7 Å². The number of carbonyl (C=O) groups excluding carboxylic acids is 1. The van der Waals surface area contributed by atoms with Gasteiger partial charge in [0.1, 0.15) is 0 Å². The maximum absolute atomic E-state index is 12.7. The number of aromatic nitrogens is 3. The first-order valence-electron chi connectivity index (χ1n) is 8.88. The monoisotopic (exact) mass is 410 g/mol. The van der Waals surface area contributed by atoms with Crippen molar-refractivity contribution in [1.29, 1.82) is 0 Å². The zero-order valence-electron chi connectivity index (χ0n) is 15.2. The Labute approximate surface area is 172 Å². The number of nitrogens with zero attached hydrogens (tertiary/aromatic N) is 3. The van der Waals surface area contributed by atoms with Gasteiger partial charge >= 0.3 is 0 Å². The SMILES string of the molecule is CC(NC(=O)c1cc(Cn2cc(Cl)cn2)cs1)c1cccc(-n2cccc2)c1. The Kier molecular flexibility index (Phi) is 5.32. The van der Waals surface area contributed by atoms with Gasteiger partial charge in [0.05, 0.1) is 28.7 Å². The van der Waals surface area contributed by atoms with E-state index >= 15 is 0 Å². The molecule has 3 heterocycles. The number of rotatable bonds is 6. The first-order chi connectivity index (χ1) is 13.6. The predicted octanol–water partition coefficient (Wildman–Crippen LogP) is 4.93. The molecule has 3 aromatic heterocycles. The molecular weight excluding hydrogens is 392 g/mol. The number of benzene rings is 1. The third kappa shape index (κ3) is 4.18. The van der Waals surface area contributed by atoms with Gasteiger partial charge in [0.2, 0.25) is 0 Å². The lowest BCUT2D eigenvalue weighted by molar-refractivity contribution is 0.0944. The molecule has 0 radical (unpaired) electrons. The zero-order valence-corrected chi connectivity index (χ0v) is 16.8. The molecule has 0 aliphatic rings. The number of thiophene rings is 1. The molecule has 1 unspecified atom stereocenters. The maximum Gasteiger partial charge on any atom is 0.261 e.